The Kier molecular flexibility index (Phi) is 10.2. The molecule has 1 aromatic heterocycles. The van der Waals surface area contributed by atoms with Crippen LogP contribution in [0.5, 0.6) is 11.5 Å². The lowest BCUT2D eigenvalue weighted by Gasteiger charge is -2.26. The number of anilines is 1. The van der Waals surface area contributed by atoms with Gasteiger partial charge in [-0.1, -0.05) is 48.5 Å². The first-order chi connectivity index (χ1) is 20.7. The van der Waals surface area contributed by atoms with E-state index >= 15 is 0 Å². The van der Waals surface area contributed by atoms with Gasteiger partial charge in [-0.15, -0.1) is 0 Å². The van der Waals surface area contributed by atoms with E-state index in [4.69, 9.17) is 18.9 Å². The molecule has 0 aliphatic rings. The Balaban J connectivity index is 1.22. The molecular formula is C35H37N3O4. The Morgan fingerprint density at radius 2 is 1.21 bits per heavy atom. The van der Waals surface area contributed by atoms with E-state index in [1.807, 2.05) is 53.3 Å². The fourth-order valence-electron chi connectivity index (χ4n) is 4.73. The molecule has 7 nitrogen and oxygen atoms in total. The third kappa shape index (κ3) is 8.22. The standard InChI is InChI=1S/C35H37N3O4/c1-39-34-11-4-7-29(22-34)25-37(24-28-13-15-32(16-14-28)38-18-6-17-36-38)33-10-3-8-30(21-33)26-41-19-20-42-27-31-9-5-12-35(23-31)40-2/h3-18,21-23H,19-20,24-27H2,1-2H3. The van der Waals surface area contributed by atoms with E-state index in [0.29, 0.717) is 26.4 Å². The topological polar surface area (TPSA) is 58.0 Å². The minimum Gasteiger partial charge on any atom is -0.497 e. The lowest BCUT2D eigenvalue weighted by molar-refractivity contribution is 0.0338. The van der Waals surface area contributed by atoms with Crippen molar-refractivity contribution in [1.29, 1.82) is 0 Å². The lowest BCUT2D eigenvalue weighted by atomic mass is 10.1. The van der Waals surface area contributed by atoms with Crippen LogP contribution >= 0.6 is 0 Å². The van der Waals surface area contributed by atoms with Crippen LogP contribution < -0.4 is 14.4 Å². The molecule has 0 unspecified atom stereocenters. The first kappa shape index (κ1) is 28.9. The molecule has 0 fully saturated rings. The smallest absolute Gasteiger partial charge is 0.119 e. The van der Waals surface area contributed by atoms with Gasteiger partial charge in [-0.25, -0.2) is 4.68 Å². The van der Waals surface area contributed by atoms with Crippen LogP contribution in [0.1, 0.15) is 22.3 Å². The van der Waals surface area contributed by atoms with E-state index < -0.39 is 0 Å². The normalized spacial score (nSPS) is 10.9. The Labute approximate surface area is 247 Å². The van der Waals surface area contributed by atoms with Crippen LogP contribution in [-0.2, 0) is 35.8 Å². The van der Waals surface area contributed by atoms with Gasteiger partial charge in [0.05, 0.1) is 46.3 Å². The van der Waals surface area contributed by atoms with Crippen molar-refractivity contribution in [3.05, 3.63) is 138 Å². The first-order valence-corrected chi connectivity index (χ1v) is 14.0. The maximum absolute atomic E-state index is 5.96. The van der Waals surface area contributed by atoms with Gasteiger partial charge in [-0.05, 0) is 76.9 Å². The zero-order chi connectivity index (χ0) is 29.0. The lowest BCUT2D eigenvalue weighted by Crippen LogP contribution is -2.22. The molecule has 5 aromatic rings. The number of aromatic nitrogens is 2. The van der Waals surface area contributed by atoms with Crippen LogP contribution in [0.25, 0.3) is 5.69 Å². The van der Waals surface area contributed by atoms with Crippen LogP contribution in [0, 0.1) is 0 Å². The number of methoxy groups -OCH3 is 2. The van der Waals surface area contributed by atoms with Crippen LogP contribution in [-0.4, -0.2) is 37.2 Å². The summed E-state index contributed by atoms with van der Waals surface area (Å²) < 4.78 is 24.4. The van der Waals surface area contributed by atoms with Crippen molar-refractivity contribution in [1.82, 2.24) is 9.78 Å². The highest BCUT2D eigenvalue weighted by Crippen LogP contribution is 2.24. The van der Waals surface area contributed by atoms with Gasteiger partial charge in [0, 0.05) is 31.2 Å². The Bertz CT molecular complexity index is 1520. The second kappa shape index (κ2) is 14.9. The number of rotatable bonds is 15. The Morgan fingerprint density at radius 3 is 1.86 bits per heavy atom. The molecule has 42 heavy (non-hydrogen) atoms. The maximum Gasteiger partial charge on any atom is 0.119 e. The summed E-state index contributed by atoms with van der Waals surface area (Å²) in [6.45, 7) is 3.57. The highest BCUT2D eigenvalue weighted by Gasteiger charge is 2.11. The van der Waals surface area contributed by atoms with Crippen molar-refractivity contribution < 1.29 is 18.9 Å². The van der Waals surface area contributed by atoms with Crippen LogP contribution in [0.15, 0.2) is 116 Å². The van der Waals surface area contributed by atoms with Gasteiger partial charge in [-0.2, -0.15) is 5.10 Å². The van der Waals surface area contributed by atoms with Gasteiger partial charge in [0.15, 0.2) is 0 Å². The third-order valence-corrected chi connectivity index (χ3v) is 6.91. The molecule has 0 spiro atoms. The predicted molar refractivity (Wildman–Crippen MR) is 165 cm³/mol. The quantitative estimate of drug-likeness (QED) is 0.130. The van der Waals surface area contributed by atoms with E-state index in [1.54, 1.807) is 20.4 Å². The second-order valence-electron chi connectivity index (χ2n) is 9.95. The molecule has 216 valence electrons. The van der Waals surface area contributed by atoms with Gasteiger partial charge >= 0.3 is 0 Å². The summed E-state index contributed by atoms with van der Waals surface area (Å²) >= 11 is 0. The number of ether oxygens (including phenoxy) is 4. The summed E-state index contributed by atoms with van der Waals surface area (Å²) in [4.78, 5) is 2.37. The summed E-state index contributed by atoms with van der Waals surface area (Å²) in [6, 6.07) is 35.1. The summed E-state index contributed by atoms with van der Waals surface area (Å²) in [7, 11) is 3.37. The molecule has 0 saturated heterocycles. The third-order valence-electron chi connectivity index (χ3n) is 6.91. The molecule has 0 N–H and O–H groups in total. The number of benzene rings is 4. The maximum atomic E-state index is 5.96. The van der Waals surface area contributed by atoms with Gasteiger partial charge in [0.2, 0.25) is 0 Å². The first-order valence-electron chi connectivity index (χ1n) is 14.0. The number of nitrogens with zero attached hydrogens (tertiary/aromatic N) is 3. The van der Waals surface area contributed by atoms with E-state index in [2.05, 4.69) is 70.7 Å². The molecule has 0 saturated carbocycles. The summed E-state index contributed by atoms with van der Waals surface area (Å²) in [6.07, 6.45) is 3.74. The predicted octanol–water partition coefficient (Wildman–Crippen LogP) is 6.83. The van der Waals surface area contributed by atoms with Gasteiger partial charge < -0.3 is 23.8 Å². The molecule has 0 aliphatic heterocycles. The van der Waals surface area contributed by atoms with Crippen molar-refractivity contribution in [3.8, 4) is 17.2 Å². The summed E-state index contributed by atoms with van der Waals surface area (Å²) in [5, 5.41) is 4.34. The second-order valence-corrected chi connectivity index (χ2v) is 9.95. The SMILES string of the molecule is COc1cccc(COCCOCc2cccc(N(Cc3ccc(-n4cccn4)cc3)Cc3cccc(OC)c3)c2)c1. The van der Waals surface area contributed by atoms with Crippen molar-refractivity contribution in [3.63, 3.8) is 0 Å². The monoisotopic (exact) mass is 563 g/mol. The van der Waals surface area contributed by atoms with E-state index in [0.717, 1.165) is 47.1 Å². The average molecular weight is 564 g/mol. The molecule has 0 atom stereocenters. The fraction of sp³-hybridized carbons (Fsp3) is 0.229. The van der Waals surface area contributed by atoms with Crippen molar-refractivity contribution >= 4 is 5.69 Å². The molecule has 0 radical (unpaired) electrons. The number of hydrogen-bond acceptors (Lipinski definition) is 6. The number of hydrogen-bond donors (Lipinski definition) is 0. The van der Waals surface area contributed by atoms with Crippen molar-refractivity contribution in [2.24, 2.45) is 0 Å². The average Bonchev–Trinajstić information content (AvgIpc) is 3.58. The molecule has 0 bridgehead atoms. The van der Waals surface area contributed by atoms with Crippen molar-refractivity contribution in [2.75, 3.05) is 32.3 Å². The largest absolute Gasteiger partial charge is 0.497 e. The Hall–Kier alpha value is -4.59. The highest BCUT2D eigenvalue weighted by molar-refractivity contribution is 5.50. The van der Waals surface area contributed by atoms with E-state index in [1.165, 1.54) is 11.1 Å². The van der Waals surface area contributed by atoms with Gasteiger partial charge in [0.1, 0.15) is 11.5 Å². The highest BCUT2D eigenvalue weighted by atomic mass is 16.5. The summed E-state index contributed by atoms with van der Waals surface area (Å²) in [5.74, 6) is 1.69. The van der Waals surface area contributed by atoms with Crippen molar-refractivity contribution in [2.45, 2.75) is 26.3 Å². The molecule has 0 amide bonds. The van der Waals surface area contributed by atoms with Crippen LogP contribution in [0.4, 0.5) is 5.69 Å². The Morgan fingerprint density at radius 1 is 0.619 bits per heavy atom. The molecular weight excluding hydrogens is 526 g/mol. The zero-order valence-corrected chi connectivity index (χ0v) is 24.2. The molecule has 0 aliphatic carbocycles. The van der Waals surface area contributed by atoms with E-state index in [-0.39, 0.29) is 0 Å². The van der Waals surface area contributed by atoms with E-state index in [9.17, 15) is 0 Å². The van der Waals surface area contributed by atoms with Crippen LogP contribution in [0.2, 0.25) is 0 Å². The van der Waals surface area contributed by atoms with Crippen LogP contribution in [0.3, 0.4) is 0 Å². The minimum absolute atomic E-state index is 0.516. The molecule has 4 aromatic carbocycles. The van der Waals surface area contributed by atoms with Gasteiger partial charge in [-0.3, -0.25) is 0 Å². The molecule has 7 heteroatoms. The minimum atomic E-state index is 0.516. The molecule has 5 rings (SSSR count). The molecule has 1 heterocycles. The summed E-state index contributed by atoms with van der Waals surface area (Å²) in [5.41, 5.74) is 6.75. The zero-order valence-electron chi connectivity index (χ0n) is 24.2. The van der Waals surface area contributed by atoms with Gasteiger partial charge in [0.25, 0.3) is 0 Å². The fourth-order valence-corrected chi connectivity index (χ4v) is 4.73.